The largest absolute Gasteiger partial charge is 0.478 e. The van der Waals surface area contributed by atoms with E-state index < -0.39 is 5.97 Å². The number of carboxylic acids is 1. The van der Waals surface area contributed by atoms with Crippen LogP contribution in [0.1, 0.15) is 46.2 Å². The Kier molecular flexibility index (Phi) is 5.67. The number of rotatable bonds is 5. The molecule has 0 bridgehead atoms. The molecule has 0 unspecified atom stereocenters. The van der Waals surface area contributed by atoms with Gasteiger partial charge >= 0.3 is 5.97 Å². The molecule has 1 fully saturated rings. The number of piperidine rings is 1. The highest BCUT2D eigenvalue weighted by Crippen LogP contribution is 2.27. The minimum absolute atomic E-state index is 0.331. The zero-order valence-electron chi connectivity index (χ0n) is 16.6. The fourth-order valence-corrected chi connectivity index (χ4v) is 4.04. The number of aromatic carboxylic acids is 1. The van der Waals surface area contributed by atoms with Crippen LogP contribution in [0.2, 0.25) is 0 Å². The number of hydrogen-bond donors (Lipinski definition) is 1. The highest BCUT2D eigenvalue weighted by molar-refractivity contribution is 5.95. The smallest absolute Gasteiger partial charge is 0.336 e. The Labute approximate surface area is 171 Å². The third-order valence-electron chi connectivity index (χ3n) is 5.51. The number of likely N-dealkylation sites (tertiary alicyclic amines) is 1. The van der Waals surface area contributed by atoms with Gasteiger partial charge in [0.15, 0.2) is 0 Å². The summed E-state index contributed by atoms with van der Waals surface area (Å²) in [5.41, 5.74) is 4.26. The molecular formula is C24H25N3O2. The lowest BCUT2D eigenvalue weighted by Gasteiger charge is -2.32. The maximum absolute atomic E-state index is 11.5. The lowest BCUT2D eigenvalue weighted by atomic mass is 9.96. The first-order valence-electron chi connectivity index (χ1n) is 10.0. The van der Waals surface area contributed by atoms with Crippen molar-refractivity contribution in [2.45, 2.75) is 32.2 Å². The van der Waals surface area contributed by atoms with Crippen LogP contribution in [-0.2, 0) is 6.54 Å². The molecule has 0 amide bonds. The average molecular weight is 387 g/mol. The van der Waals surface area contributed by atoms with Crippen LogP contribution in [0.3, 0.4) is 0 Å². The summed E-state index contributed by atoms with van der Waals surface area (Å²) >= 11 is 0. The number of carbonyl (C=O) groups is 1. The van der Waals surface area contributed by atoms with E-state index in [1.807, 2.05) is 43.5 Å². The number of aryl methyl sites for hydroxylation is 1. The first kappa shape index (κ1) is 19.3. The standard InChI is InChI=1S/C24H25N3O2/c1-17-12-13-25-23(26-17)20-5-4-14-27(16-20)15-18-8-10-19(11-9-18)21-6-2-3-7-22(21)24(28)29/h2-3,6-13,20H,4-5,14-16H2,1H3,(H,28,29)/t20-/m0/s1. The first-order valence-corrected chi connectivity index (χ1v) is 10.0. The molecule has 2 aromatic carbocycles. The summed E-state index contributed by atoms with van der Waals surface area (Å²) in [6.07, 6.45) is 4.13. The monoisotopic (exact) mass is 387 g/mol. The van der Waals surface area contributed by atoms with Crippen molar-refractivity contribution in [3.63, 3.8) is 0 Å². The van der Waals surface area contributed by atoms with E-state index in [4.69, 9.17) is 0 Å². The Balaban J connectivity index is 1.46. The fourth-order valence-electron chi connectivity index (χ4n) is 4.04. The van der Waals surface area contributed by atoms with Crippen molar-refractivity contribution in [1.29, 1.82) is 0 Å². The molecule has 148 valence electrons. The van der Waals surface area contributed by atoms with Gasteiger partial charge in [-0.05, 0) is 55.1 Å². The molecule has 1 aliphatic heterocycles. The topological polar surface area (TPSA) is 66.3 Å². The Morgan fingerprint density at radius 1 is 1.14 bits per heavy atom. The SMILES string of the molecule is Cc1ccnc([C@H]2CCCN(Cc3ccc(-c4ccccc4C(=O)O)cc3)C2)n1. The van der Waals surface area contributed by atoms with Crippen LogP contribution < -0.4 is 0 Å². The molecular weight excluding hydrogens is 362 g/mol. The minimum atomic E-state index is -0.901. The second-order valence-corrected chi connectivity index (χ2v) is 7.68. The lowest BCUT2D eigenvalue weighted by molar-refractivity contribution is 0.0697. The van der Waals surface area contributed by atoms with Crippen LogP contribution in [0.25, 0.3) is 11.1 Å². The van der Waals surface area contributed by atoms with Gasteiger partial charge in [0, 0.05) is 30.9 Å². The van der Waals surface area contributed by atoms with E-state index in [0.717, 1.165) is 55.1 Å². The van der Waals surface area contributed by atoms with Gasteiger partial charge in [0.05, 0.1) is 5.56 Å². The molecule has 3 aromatic rings. The summed E-state index contributed by atoms with van der Waals surface area (Å²) < 4.78 is 0. The van der Waals surface area contributed by atoms with Gasteiger partial charge in [0.25, 0.3) is 0 Å². The summed E-state index contributed by atoms with van der Waals surface area (Å²) in [6.45, 7) is 4.93. The van der Waals surface area contributed by atoms with Gasteiger partial charge in [-0.25, -0.2) is 14.8 Å². The second kappa shape index (κ2) is 8.53. The van der Waals surface area contributed by atoms with Crippen molar-refractivity contribution in [1.82, 2.24) is 14.9 Å². The van der Waals surface area contributed by atoms with Gasteiger partial charge in [0.1, 0.15) is 5.82 Å². The highest BCUT2D eigenvalue weighted by Gasteiger charge is 2.23. The number of benzene rings is 2. The second-order valence-electron chi connectivity index (χ2n) is 7.68. The summed E-state index contributed by atoms with van der Waals surface area (Å²) in [6, 6.07) is 17.3. The van der Waals surface area contributed by atoms with Crippen molar-refractivity contribution in [3.05, 3.63) is 83.4 Å². The molecule has 0 aliphatic carbocycles. The van der Waals surface area contributed by atoms with E-state index in [9.17, 15) is 9.90 Å². The Morgan fingerprint density at radius 3 is 2.69 bits per heavy atom. The van der Waals surface area contributed by atoms with Gasteiger partial charge in [-0.3, -0.25) is 4.90 Å². The fraction of sp³-hybridized carbons (Fsp3) is 0.292. The van der Waals surface area contributed by atoms with Crippen molar-refractivity contribution in [2.24, 2.45) is 0 Å². The maximum atomic E-state index is 11.5. The molecule has 1 saturated heterocycles. The summed E-state index contributed by atoms with van der Waals surface area (Å²) in [7, 11) is 0. The minimum Gasteiger partial charge on any atom is -0.478 e. The third kappa shape index (κ3) is 4.51. The van der Waals surface area contributed by atoms with E-state index in [0.29, 0.717) is 11.5 Å². The van der Waals surface area contributed by atoms with Gasteiger partial charge in [-0.15, -0.1) is 0 Å². The molecule has 1 N–H and O–H groups in total. The number of nitrogens with zero attached hydrogens (tertiary/aromatic N) is 3. The average Bonchev–Trinajstić information content (AvgIpc) is 2.74. The molecule has 1 atom stereocenters. The molecule has 5 heteroatoms. The molecule has 0 saturated carbocycles. The maximum Gasteiger partial charge on any atom is 0.336 e. The first-order chi connectivity index (χ1) is 14.1. The van der Waals surface area contributed by atoms with E-state index in [1.165, 1.54) is 5.56 Å². The van der Waals surface area contributed by atoms with Crippen LogP contribution in [-0.4, -0.2) is 39.0 Å². The van der Waals surface area contributed by atoms with E-state index in [-0.39, 0.29) is 0 Å². The number of aromatic nitrogens is 2. The normalized spacial score (nSPS) is 17.2. The molecule has 29 heavy (non-hydrogen) atoms. The third-order valence-corrected chi connectivity index (χ3v) is 5.51. The summed E-state index contributed by atoms with van der Waals surface area (Å²) in [4.78, 5) is 23.0. The predicted molar refractivity (Wildman–Crippen MR) is 113 cm³/mol. The van der Waals surface area contributed by atoms with Crippen LogP contribution >= 0.6 is 0 Å². The number of carboxylic acid groups (broad SMARTS) is 1. The molecule has 0 spiro atoms. The van der Waals surface area contributed by atoms with Crippen molar-refractivity contribution in [3.8, 4) is 11.1 Å². The van der Waals surface area contributed by atoms with Gasteiger partial charge < -0.3 is 5.11 Å². The summed E-state index contributed by atoms with van der Waals surface area (Å²) in [5, 5.41) is 9.42. The Morgan fingerprint density at radius 2 is 1.93 bits per heavy atom. The van der Waals surface area contributed by atoms with Crippen LogP contribution in [0.4, 0.5) is 0 Å². The Bertz CT molecular complexity index is 1000. The van der Waals surface area contributed by atoms with Crippen LogP contribution in [0.15, 0.2) is 60.8 Å². The summed E-state index contributed by atoms with van der Waals surface area (Å²) in [5.74, 6) is 0.433. The van der Waals surface area contributed by atoms with Gasteiger partial charge in [0.2, 0.25) is 0 Å². The van der Waals surface area contributed by atoms with Crippen molar-refractivity contribution >= 4 is 5.97 Å². The zero-order valence-corrected chi connectivity index (χ0v) is 16.6. The van der Waals surface area contributed by atoms with E-state index in [1.54, 1.807) is 12.1 Å². The molecule has 1 aliphatic rings. The van der Waals surface area contributed by atoms with Crippen molar-refractivity contribution in [2.75, 3.05) is 13.1 Å². The quantitative estimate of drug-likeness (QED) is 0.697. The molecule has 2 heterocycles. The number of hydrogen-bond acceptors (Lipinski definition) is 4. The van der Waals surface area contributed by atoms with Crippen molar-refractivity contribution < 1.29 is 9.90 Å². The van der Waals surface area contributed by atoms with Gasteiger partial charge in [-0.1, -0.05) is 42.5 Å². The van der Waals surface area contributed by atoms with Gasteiger partial charge in [-0.2, -0.15) is 0 Å². The highest BCUT2D eigenvalue weighted by atomic mass is 16.4. The van der Waals surface area contributed by atoms with E-state index >= 15 is 0 Å². The van der Waals surface area contributed by atoms with Crippen LogP contribution in [0.5, 0.6) is 0 Å². The van der Waals surface area contributed by atoms with Crippen LogP contribution in [0, 0.1) is 6.92 Å². The van der Waals surface area contributed by atoms with E-state index in [2.05, 4.69) is 27.0 Å². The predicted octanol–water partition coefficient (Wildman–Crippen LogP) is 4.53. The molecule has 5 nitrogen and oxygen atoms in total. The zero-order chi connectivity index (χ0) is 20.2. The molecule has 4 rings (SSSR count). The molecule has 1 aromatic heterocycles. The lowest BCUT2D eigenvalue weighted by Crippen LogP contribution is -2.34. The molecule has 0 radical (unpaired) electrons. The Hall–Kier alpha value is -3.05.